The van der Waals surface area contributed by atoms with Crippen molar-refractivity contribution in [3.05, 3.63) is 23.8 Å². The highest BCUT2D eigenvalue weighted by Gasteiger charge is 2.37. The number of methoxy groups -OCH3 is 1. The number of nitrogens with one attached hydrogen (secondary N) is 1. The largest absolute Gasteiger partial charge is 0.507 e. The van der Waals surface area contributed by atoms with Crippen LogP contribution in [0.1, 0.15) is 18.0 Å². The molecule has 0 unspecified atom stereocenters. The van der Waals surface area contributed by atoms with Gasteiger partial charge in [0.2, 0.25) is 0 Å². The van der Waals surface area contributed by atoms with Crippen LogP contribution in [0.25, 0.3) is 0 Å². The molecule has 1 heterocycles. The quantitative estimate of drug-likeness (QED) is 0.884. The summed E-state index contributed by atoms with van der Waals surface area (Å²) in [7, 11) is 1.44. The van der Waals surface area contributed by atoms with Gasteiger partial charge < -0.3 is 15.2 Å². The molecule has 0 saturated carbocycles. The Morgan fingerprint density at radius 1 is 1.32 bits per heavy atom. The molecule has 126 valence electrons. The van der Waals surface area contributed by atoms with Crippen molar-refractivity contribution in [3.8, 4) is 11.5 Å². The summed E-state index contributed by atoms with van der Waals surface area (Å²) >= 11 is 0. The van der Waals surface area contributed by atoms with Crippen LogP contribution in [0.4, 0.5) is 13.2 Å². The number of aromatic hydroxyl groups is 1. The molecule has 1 aliphatic heterocycles. The topological polar surface area (TPSA) is 44.7 Å². The van der Waals surface area contributed by atoms with Crippen molar-refractivity contribution >= 4 is 12.4 Å². The Morgan fingerprint density at radius 2 is 1.95 bits per heavy atom. The standard InChI is InChI=1S/C14H19F3N2O2.ClH/c1-21-10-2-3-11(13(20)8-10)12(9-14(15,16)17)19-6-4-18-5-7-19;/h2-3,8,12,18,20H,4-7,9H2,1H3;1H/t12-;/m1./s1. The van der Waals surface area contributed by atoms with Gasteiger partial charge in [-0.25, -0.2) is 0 Å². The molecule has 1 fully saturated rings. The van der Waals surface area contributed by atoms with Gasteiger partial charge in [0.25, 0.3) is 0 Å². The van der Waals surface area contributed by atoms with E-state index in [0.29, 0.717) is 31.9 Å². The van der Waals surface area contributed by atoms with Gasteiger partial charge in [-0.15, -0.1) is 12.4 Å². The van der Waals surface area contributed by atoms with Gasteiger partial charge in [-0.3, -0.25) is 4.90 Å². The molecular formula is C14H20ClF3N2O2. The third-order valence-corrected chi connectivity index (χ3v) is 3.61. The zero-order valence-electron chi connectivity index (χ0n) is 12.2. The first-order valence-electron chi connectivity index (χ1n) is 6.79. The minimum absolute atomic E-state index is 0. The Balaban J connectivity index is 0.00000242. The molecule has 4 nitrogen and oxygen atoms in total. The number of piperazine rings is 1. The fraction of sp³-hybridized carbons (Fsp3) is 0.571. The number of ether oxygens (including phenoxy) is 1. The molecule has 22 heavy (non-hydrogen) atoms. The zero-order valence-corrected chi connectivity index (χ0v) is 13.0. The van der Waals surface area contributed by atoms with Crippen LogP contribution in [0.15, 0.2) is 18.2 Å². The molecular weight excluding hydrogens is 321 g/mol. The molecule has 0 spiro atoms. The lowest BCUT2D eigenvalue weighted by atomic mass is 9.99. The van der Waals surface area contributed by atoms with Crippen LogP contribution >= 0.6 is 12.4 Å². The summed E-state index contributed by atoms with van der Waals surface area (Å²) in [6.07, 6.45) is -5.27. The van der Waals surface area contributed by atoms with Crippen LogP contribution in [-0.4, -0.2) is 49.5 Å². The first kappa shape index (κ1) is 18.9. The van der Waals surface area contributed by atoms with E-state index in [0.717, 1.165) is 0 Å². The predicted octanol–water partition coefficient (Wildman–Crippen LogP) is 2.72. The Hall–Kier alpha value is -1.18. The maximum Gasteiger partial charge on any atom is 0.390 e. The van der Waals surface area contributed by atoms with E-state index >= 15 is 0 Å². The van der Waals surface area contributed by atoms with E-state index in [9.17, 15) is 18.3 Å². The summed E-state index contributed by atoms with van der Waals surface area (Å²) < 4.78 is 43.6. The smallest absolute Gasteiger partial charge is 0.390 e. The first-order chi connectivity index (χ1) is 9.90. The minimum atomic E-state index is -4.29. The highest BCUT2D eigenvalue weighted by atomic mass is 35.5. The van der Waals surface area contributed by atoms with Crippen molar-refractivity contribution < 1.29 is 23.0 Å². The van der Waals surface area contributed by atoms with Gasteiger partial charge in [0.05, 0.1) is 13.5 Å². The zero-order chi connectivity index (χ0) is 15.5. The maximum atomic E-state index is 12.9. The monoisotopic (exact) mass is 340 g/mol. The van der Waals surface area contributed by atoms with Crippen molar-refractivity contribution in [2.75, 3.05) is 33.3 Å². The molecule has 8 heteroatoms. The van der Waals surface area contributed by atoms with E-state index in [1.54, 1.807) is 11.0 Å². The lowest BCUT2D eigenvalue weighted by Gasteiger charge is -2.36. The van der Waals surface area contributed by atoms with E-state index in [-0.39, 0.29) is 23.7 Å². The van der Waals surface area contributed by atoms with Crippen LogP contribution in [0, 0.1) is 0 Å². The number of halogens is 4. The van der Waals surface area contributed by atoms with Crippen LogP contribution in [0.2, 0.25) is 0 Å². The molecule has 0 aromatic heterocycles. The molecule has 2 rings (SSSR count). The molecule has 0 bridgehead atoms. The van der Waals surface area contributed by atoms with Gasteiger partial charge in [0.15, 0.2) is 0 Å². The van der Waals surface area contributed by atoms with Crippen LogP contribution in [-0.2, 0) is 0 Å². The van der Waals surface area contributed by atoms with Gasteiger partial charge in [-0.05, 0) is 6.07 Å². The Morgan fingerprint density at radius 3 is 2.45 bits per heavy atom. The highest BCUT2D eigenvalue weighted by Crippen LogP contribution is 2.38. The van der Waals surface area contributed by atoms with Gasteiger partial charge in [0.1, 0.15) is 11.5 Å². The molecule has 1 atom stereocenters. The number of alkyl halides is 3. The van der Waals surface area contributed by atoms with Gasteiger partial charge in [-0.2, -0.15) is 13.2 Å². The maximum absolute atomic E-state index is 12.9. The van der Waals surface area contributed by atoms with Crippen molar-refractivity contribution in [1.29, 1.82) is 0 Å². The molecule has 1 saturated heterocycles. The summed E-state index contributed by atoms with van der Waals surface area (Å²) in [5.74, 6) is 0.254. The second kappa shape index (κ2) is 7.89. The summed E-state index contributed by atoms with van der Waals surface area (Å²) in [6.45, 7) is 2.33. The van der Waals surface area contributed by atoms with Crippen molar-refractivity contribution in [3.63, 3.8) is 0 Å². The number of phenolic OH excluding ortho intramolecular Hbond substituents is 1. The van der Waals surface area contributed by atoms with Crippen molar-refractivity contribution in [1.82, 2.24) is 10.2 Å². The lowest BCUT2D eigenvalue weighted by Crippen LogP contribution is -2.46. The van der Waals surface area contributed by atoms with E-state index < -0.39 is 18.6 Å². The number of hydrogen-bond acceptors (Lipinski definition) is 4. The van der Waals surface area contributed by atoms with Crippen LogP contribution in [0.3, 0.4) is 0 Å². The number of phenols is 1. The summed E-state index contributed by atoms with van der Waals surface area (Å²) in [5.41, 5.74) is 0.287. The lowest BCUT2D eigenvalue weighted by molar-refractivity contribution is -0.148. The fourth-order valence-electron chi connectivity index (χ4n) is 2.58. The SMILES string of the molecule is COc1ccc([C@@H](CC(F)(F)F)N2CCNCC2)c(O)c1.Cl. The number of rotatable bonds is 4. The highest BCUT2D eigenvalue weighted by molar-refractivity contribution is 5.85. The van der Waals surface area contributed by atoms with E-state index in [2.05, 4.69) is 5.32 Å². The average molecular weight is 341 g/mol. The summed E-state index contributed by atoms with van der Waals surface area (Å²) in [4.78, 5) is 1.76. The molecule has 1 aromatic rings. The molecule has 2 N–H and O–H groups in total. The van der Waals surface area contributed by atoms with Gasteiger partial charge in [-0.1, -0.05) is 6.07 Å². The fourth-order valence-corrected chi connectivity index (χ4v) is 2.58. The minimum Gasteiger partial charge on any atom is -0.507 e. The number of hydrogen-bond donors (Lipinski definition) is 2. The normalized spacial score (nSPS) is 17.6. The van der Waals surface area contributed by atoms with Gasteiger partial charge in [0, 0.05) is 43.9 Å². The van der Waals surface area contributed by atoms with E-state index in [1.165, 1.54) is 19.2 Å². The van der Waals surface area contributed by atoms with Crippen molar-refractivity contribution in [2.45, 2.75) is 18.6 Å². The van der Waals surface area contributed by atoms with E-state index in [1.807, 2.05) is 0 Å². The molecule has 0 aliphatic carbocycles. The van der Waals surface area contributed by atoms with Crippen molar-refractivity contribution in [2.24, 2.45) is 0 Å². The third kappa shape index (κ3) is 4.93. The molecule has 1 aliphatic rings. The second-order valence-corrected chi connectivity index (χ2v) is 5.05. The third-order valence-electron chi connectivity index (χ3n) is 3.61. The Bertz CT molecular complexity index is 480. The first-order valence-corrected chi connectivity index (χ1v) is 6.79. The van der Waals surface area contributed by atoms with Crippen LogP contribution < -0.4 is 10.1 Å². The molecule has 1 aromatic carbocycles. The summed E-state index contributed by atoms with van der Waals surface area (Å²) in [6, 6.07) is 3.55. The Labute approximate surface area is 133 Å². The second-order valence-electron chi connectivity index (χ2n) is 5.05. The van der Waals surface area contributed by atoms with E-state index in [4.69, 9.17) is 4.74 Å². The predicted molar refractivity (Wildman–Crippen MR) is 79.8 cm³/mol. The van der Waals surface area contributed by atoms with Crippen LogP contribution in [0.5, 0.6) is 11.5 Å². The number of nitrogens with zero attached hydrogens (tertiary/aromatic N) is 1. The average Bonchev–Trinajstić information content (AvgIpc) is 2.45. The van der Waals surface area contributed by atoms with Gasteiger partial charge >= 0.3 is 6.18 Å². The summed E-state index contributed by atoms with van der Waals surface area (Å²) in [5, 5.41) is 13.1. The molecule has 0 amide bonds. The Kier molecular flexibility index (Phi) is 6.77. The number of benzene rings is 1. The molecule has 0 radical (unpaired) electrons.